The van der Waals surface area contributed by atoms with E-state index in [-0.39, 0.29) is 18.9 Å². The van der Waals surface area contributed by atoms with Crippen molar-refractivity contribution in [2.24, 2.45) is 5.92 Å². The molecule has 162 valence electrons. The third kappa shape index (κ3) is 7.13. The fourth-order valence-corrected chi connectivity index (χ4v) is 3.01. The Kier molecular flexibility index (Phi) is 8.60. The molecule has 0 spiro atoms. The Morgan fingerprint density at radius 2 is 1.71 bits per heavy atom. The van der Waals surface area contributed by atoms with Gasteiger partial charge in [0.1, 0.15) is 11.8 Å². The molecule has 8 nitrogen and oxygen atoms in total. The molecule has 31 heavy (non-hydrogen) atoms. The molecule has 2 rings (SSSR count). The summed E-state index contributed by atoms with van der Waals surface area (Å²) in [7, 11) is 5.15. The number of carboxylic acid groups (broad SMARTS) is 1. The van der Waals surface area contributed by atoms with Crippen LogP contribution in [-0.2, 0) is 19.2 Å². The fraction of sp³-hybridized carbons (Fsp3) is 0.364. The van der Waals surface area contributed by atoms with Crippen LogP contribution in [0.5, 0.6) is 5.75 Å². The maximum absolute atomic E-state index is 12.5. The van der Waals surface area contributed by atoms with Crippen LogP contribution in [0.15, 0.2) is 42.5 Å². The topological polar surface area (TPSA) is 122 Å². The molecule has 2 aromatic rings. The molecule has 0 fully saturated rings. The van der Waals surface area contributed by atoms with Gasteiger partial charge in [0.25, 0.3) is 0 Å². The van der Waals surface area contributed by atoms with E-state index in [1.165, 1.54) is 0 Å². The maximum Gasteiger partial charge on any atom is 0.305 e. The predicted molar refractivity (Wildman–Crippen MR) is 116 cm³/mol. The summed E-state index contributed by atoms with van der Waals surface area (Å²) in [5.74, 6) is -2.02. The summed E-state index contributed by atoms with van der Waals surface area (Å²) < 4.78 is 5.74. The van der Waals surface area contributed by atoms with Gasteiger partial charge in [-0.1, -0.05) is 50.2 Å². The van der Waals surface area contributed by atoms with E-state index >= 15 is 0 Å². The molecule has 9 heteroatoms. The second kappa shape index (κ2) is 11.1. The van der Waals surface area contributed by atoms with Crippen LogP contribution in [0, 0.1) is 5.92 Å². The number of carbonyl (C=O) groups excluding carboxylic acids is 3. The van der Waals surface area contributed by atoms with E-state index in [4.69, 9.17) is 17.7 Å². The molecule has 0 aliphatic heterocycles. The van der Waals surface area contributed by atoms with Crippen LogP contribution >= 0.6 is 0 Å². The number of amides is 2. The number of benzene rings is 2. The van der Waals surface area contributed by atoms with E-state index in [9.17, 15) is 19.2 Å². The normalized spacial score (nSPS) is 12.7. The number of hydrogen-bond donors (Lipinski definition) is 3. The first-order chi connectivity index (χ1) is 14.7. The van der Waals surface area contributed by atoms with Gasteiger partial charge in [0.15, 0.2) is 7.85 Å². The minimum Gasteiger partial charge on any atom is -0.492 e. The highest BCUT2D eigenvalue weighted by molar-refractivity contribution is 6.59. The molecule has 0 bridgehead atoms. The SMILES string of the molecule is [B]C(=O)[C@H](CC(=O)O)NC(=O)[C@@H](NC(=O)CCOc1cccc2ccccc12)C(C)C. The zero-order valence-corrected chi connectivity index (χ0v) is 17.5. The van der Waals surface area contributed by atoms with Gasteiger partial charge in [-0.3, -0.25) is 14.4 Å². The standard InChI is InChI=1S/C22H25BN2O6/c1-13(2)20(22(30)24-16(21(23)29)12-19(27)28)25-18(26)10-11-31-17-9-5-7-14-6-3-4-8-15(14)17/h3-9,13,16,20H,10-12H2,1-2H3,(H,24,30)(H,25,26)(H,27,28)/t16-,20-/m0/s1. The number of carbonyl (C=O) groups is 4. The number of carboxylic acids is 1. The molecule has 2 amide bonds. The molecule has 0 saturated heterocycles. The summed E-state index contributed by atoms with van der Waals surface area (Å²) in [6.07, 6.45) is -0.632. The second-order valence-corrected chi connectivity index (χ2v) is 7.43. The molecular weight excluding hydrogens is 399 g/mol. The average Bonchev–Trinajstić information content (AvgIpc) is 2.71. The summed E-state index contributed by atoms with van der Waals surface area (Å²) in [6, 6.07) is 11.0. The van der Waals surface area contributed by atoms with Crippen LogP contribution in [0.25, 0.3) is 10.8 Å². The van der Waals surface area contributed by atoms with Crippen LogP contribution in [0.2, 0.25) is 0 Å². The molecule has 2 radical (unpaired) electrons. The van der Waals surface area contributed by atoms with Crippen LogP contribution in [0.1, 0.15) is 26.7 Å². The van der Waals surface area contributed by atoms with Gasteiger partial charge in [0.05, 0.1) is 31.2 Å². The van der Waals surface area contributed by atoms with Crippen molar-refractivity contribution in [3.63, 3.8) is 0 Å². The first-order valence-corrected chi connectivity index (χ1v) is 9.90. The Labute approximate surface area is 181 Å². The third-order valence-corrected chi connectivity index (χ3v) is 4.64. The van der Waals surface area contributed by atoms with Gasteiger partial charge >= 0.3 is 5.97 Å². The van der Waals surface area contributed by atoms with Crippen molar-refractivity contribution in [2.45, 2.75) is 38.8 Å². The lowest BCUT2D eigenvalue weighted by Crippen LogP contribution is -2.54. The Hall–Kier alpha value is -3.36. The molecule has 0 saturated carbocycles. The van der Waals surface area contributed by atoms with E-state index < -0.39 is 42.0 Å². The van der Waals surface area contributed by atoms with E-state index in [1.54, 1.807) is 13.8 Å². The Balaban J connectivity index is 1.93. The number of aliphatic carboxylic acids is 1. The summed E-state index contributed by atoms with van der Waals surface area (Å²) in [5.41, 5.74) is -0.965. The number of fused-ring (bicyclic) bond motifs is 1. The van der Waals surface area contributed by atoms with Crippen molar-refractivity contribution in [2.75, 3.05) is 6.61 Å². The summed E-state index contributed by atoms with van der Waals surface area (Å²) >= 11 is 0. The molecule has 0 aliphatic carbocycles. The fourth-order valence-electron chi connectivity index (χ4n) is 3.01. The quantitative estimate of drug-likeness (QED) is 0.469. The lowest BCUT2D eigenvalue weighted by atomic mass is 9.92. The molecular formula is C22H25BN2O6. The Morgan fingerprint density at radius 3 is 2.35 bits per heavy atom. The first kappa shape index (κ1) is 23.9. The van der Waals surface area contributed by atoms with Crippen molar-refractivity contribution in [3.8, 4) is 5.75 Å². The maximum atomic E-state index is 12.5. The highest BCUT2D eigenvalue weighted by Crippen LogP contribution is 2.25. The molecule has 2 aromatic carbocycles. The molecule has 0 aliphatic rings. The lowest BCUT2D eigenvalue weighted by molar-refractivity contribution is -0.139. The van der Waals surface area contributed by atoms with Crippen molar-refractivity contribution in [1.29, 1.82) is 0 Å². The zero-order chi connectivity index (χ0) is 23.0. The van der Waals surface area contributed by atoms with Crippen molar-refractivity contribution >= 4 is 42.1 Å². The smallest absolute Gasteiger partial charge is 0.305 e. The summed E-state index contributed by atoms with van der Waals surface area (Å²) in [6.45, 7) is 3.54. The van der Waals surface area contributed by atoms with Gasteiger partial charge in [-0.05, 0) is 17.4 Å². The summed E-state index contributed by atoms with van der Waals surface area (Å²) in [4.78, 5) is 47.1. The largest absolute Gasteiger partial charge is 0.492 e. The molecule has 0 heterocycles. The Bertz CT molecular complexity index is 957. The van der Waals surface area contributed by atoms with Crippen LogP contribution in [-0.4, -0.2) is 55.1 Å². The van der Waals surface area contributed by atoms with Crippen LogP contribution in [0.4, 0.5) is 0 Å². The zero-order valence-electron chi connectivity index (χ0n) is 17.5. The van der Waals surface area contributed by atoms with Gasteiger partial charge in [0, 0.05) is 5.39 Å². The van der Waals surface area contributed by atoms with Crippen molar-refractivity contribution in [1.82, 2.24) is 10.6 Å². The number of nitrogens with one attached hydrogen (secondary N) is 2. The van der Waals surface area contributed by atoms with Crippen molar-refractivity contribution in [3.05, 3.63) is 42.5 Å². The minimum absolute atomic E-state index is 0.00803. The van der Waals surface area contributed by atoms with Gasteiger partial charge in [-0.15, -0.1) is 0 Å². The van der Waals surface area contributed by atoms with E-state index in [0.29, 0.717) is 5.75 Å². The van der Waals surface area contributed by atoms with Gasteiger partial charge in [-0.25, -0.2) is 0 Å². The third-order valence-electron chi connectivity index (χ3n) is 4.64. The molecule has 2 atom stereocenters. The minimum atomic E-state index is -1.36. The predicted octanol–water partition coefficient (Wildman–Crippen LogP) is 1.40. The molecule has 0 unspecified atom stereocenters. The number of hydrogen-bond acceptors (Lipinski definition) is 5. The monoisotopic (exact) mass is 424 g/mol. The molecule has 0 aromatic heterocycles. The van der Waals surface area contributed by atoms with Crippen LogP contribution < -0.4 is 15.4 Å². The van der Waals surface area contributed by atoms with Gasteiger partial charge < -0.3 is 25.3 Å². The van der Waals surface area contributed by atoms with Gasteiger partial charge in [-0.2, -0.15) is 0 Å². The molecule has 3 N–H and O–H groups in total. The second-order valence-electron chi connectivity index (χ2n) is 7.43. The average molecular weight is 424 g/mol. The van der Waals surface area contributed by atoms with E-state index in [2.05, 4.69) is 10.6 Å². The lowest BCUT2D eigenvalue weighted by Gasteiger charge is -2.24. The number of rotatable bonds is 11. The highest BCUT2D eigenvalue weighted by atomic mass is 16.5. The summed E-state index contributed by atoms with van der Waals surface area (Å²) in [5, 5.41) is 15.7. The number of ether oxygens (including phenoxy) is 1. The van der Waals surface area contributed by atoms with Crippen LogP contribution in [0.3, 0.4) is 0 Å². The van der Waals surface area contributed by atoms with E-state index in [1.807, 2.05) is 42.5 Å². The Morgan fingerprint density at radius 1 is 1.03 bits per heavy atom. The first-order valence-electron chi connectivity index (χ1n) is 9.90. The van der Waals surface area contributed by atoms with E-state index in [0.717, 1.165) is 10.8 Å². The highest BCUT2D eigenvalue weighted by Gasteiger charge is 2.28. The van der Waals surface area contributed by atoms with Gasteiger partial charge in [0.2, 0.25) is 11.8 Å². The van der Waals surface area contributed by atoms with Crippen molar-refractivity contribution < 1.29 is 29.0 Å².